The highest BCUT2D eigenvalue weighted by atomic mass is 16.6. The number of hydrogen-bond acceptors (Lipinski definition) is 4. The van der Waals surface area contributed by atoms with Gasteiger partial charge in [0.2, 0.25) is 0 Å². The summed E-state index contributed by atoms with van der Waals surface area (Å²) in [5, 5.41) is 3.66. The molecule has 3 aliphatic heterocycles. The van der Waals surface area contributed by atoms with Gasteiger partial charge in [-0.1, -0.05) is 13.8 Å². The highest BCUT2D eigenvalue weighted by Gasteiger charge is 2.64. The first-order valence-corrected chi connectivity index (χ1v) is 9.00. The lowest BCUT2D eigenvalue weighted by Crippen LogP contribution is -2.65. The Labute approximate surface area is 140 Å². The van der Waals surface area contributed by atoms with E-state index in [-0.39, 0.29) is 23.1 Å². The van der Waals surface area contributed by atoms with Crippen molar-refractivity contribution >= 4 is 5.91 Å². The number of nitrogens with one attached hydrogen (secondary N) is 1. The molecule has 5 heteroatoms. The van der Waals surface area contributed by atoms with Gasteiger partial charge < -0.3 is 19.7 Å². The summed E-state index contributed by atoms with van der Waals surface area (Å²) in [6.45, 7) is 14.3. The summed E-state index contributed by atoms with van der Waals surface area (Å²) in [5.41, 5.74) is -1.45. The zero-order valence-electron chi connectivity index (χ0n) is 15.5. The van der Waals surface area contributed by atoms with Gasteiger partial charge in [0.1, 0.15) is 5.72 Å². The first-order chi connectivity index (χ1) is 10.6. The zero-order chi connectivity index (χ0) is 17.1. The van der Waals surface area contributed by atoms with E-state index < -0.39 is 11.3 Å². The molecule has 3 saturated heterocycles. The van der Waals surface area contributed by atoms with Gasteiger partial charge in [-0.15, -0.1) is 0 Å². The summed E-state index contributed by atoms with van der Waals surface area (Å²) in [6, 6.07) is 0. The molecule has 1 spiro atoms. The Balaban J connectivity index is 1.97. The normalized spacial score (nSPS) is 33.2. The van der Waals surface area contributed by atoms with Gasteiger partial charge in [0, 0.05) is 23.9 Å². The Morgan fingerprint density at radius 3 is 2.09 bits per heavy atom. The number of carbonyl (C=O) groups excluding carboxylic acids is 1. The molecule has 1 unspecified atom stereocenters. The predicted molar refractivity (Wildman–Crippen MR) is 89.1 cm³/mol. The van der Waals surface area contributed by atoms with Gasteiger partial charge in [-0.3, -0.25) is 4.79 Å². The Morgan fingerprint density at radius 2 is 1.65 bits per heavy atom. The van der Waals surface area contributed by atoms with Crippen LogP contribution < -0.4 is 5.32 Å². The molecule has 1 atom stereocenters. The van der Waals surface area contributed by atoms with Crippen LogP contribution in [0.25, 0.3) is 0 Å². The predicted octanol–water partition coefficient (Wildman–Crippen LogP) is 2.44. The van der Waals surface area contributed by atoms with E-state index in [1.165, 1.54) is 0 Å². The molecule has 3 fully saturated rings. The lowest BCUT2D eigenvalue weighted by atomic mass is 9.72. The van der Waals surface area contributed by atoms with E-state index in [9.17, 15) is 4.79 Å². The summed E-state index contributed by atoms with van der Waals surface area (Å²) in [5.74, 6) is 0.166. The highest BCUT2D eigenvalue weighted by molar-refractivity contribution is 5.88. The summed E-state index contributed by atoms with van der Waals surface area (Å²) in [4.78, 5) is 15.5. The van der Waals surface area contributed by atoms with Gasteiger partial charge in [0.05, 0.1) is 19.3 Å². The third kappa shape index (κ3) is 2.92. The number of nitrogens with zero attached hydrogens (tertiary/aromatic N) is 1. The molecule has 1 N–H and O–H groups in total. The molecule has 0 aromatic rings. The molecular formula is C18H32N2O3. The van der Waals surface area contributed by atoms with Crippen LogP contribution in [0.5, 0.6) is 0 Å². The van der Waals surface area contributed by atoms with E-state index in [0.717, 1.165) is 19.4 Å². The lowest BCUT2D eigenvalue weighted by Gasteiger charge is -2.50. The largest absolute Gasteiger partial charge is 0.371 e. The summed E-state index contributed by atoms with van der Waals surface area (Å²) in [6.07, 6.45) is 3.26. The molecule has 0 saturated carbocycles. The van der Waals surface area contributed by atoms with Crippen molar-refractivity contribution in [1.29, 1.82) is 0 Å². The molecule has 0 aromatic carbocycles. The van der Waals surface area contributed by atoms with Crippen LogP contribution >= 0.6 is 0 Å². The van der Waals surface area contributed by atoms with E-state index >= 15 is 0 Å². The second-order valence-electron chi connectivity index (χ2n) is 8.87. The molecule has 3 heterocycles. The Hall–Kier alpha value is -0.650. The van der Waals surface area contributed by atoms with Crippen molar-refractivity contribution in [3.8, 4) is 0 Å². The van der Waals surface area contributed by atoms with Crippen LogP contribution in [-0.4, -0.2) is 52.5 Å². The molecular weight excluding hydrogens is 292 g/mol. The molecule has 3 rings (SSSR count). The van der Waals surface area contributed by atoms with Crippen LogP contribution in [0.4, 0.5) is 0 Å². The first kappa shape index (κ1) is 17.2. The first-order valence-electron chi connectivity index (χ1n) is 9.00. The van der Waals surface area contributed by atoms with E-state index in [1.54, 1.807) is 0 Å². The number of rotatable bonds is 4. The monoisotopic (exact) mass is 324 g/mol. The minimum Gasteiger partial charge on any atom is -0.371 e. The molecule has 0 aromatic heterocycles. The maximum absolute atomic E-state index is 13.5. The maximum atomic E-state index is 13.5. The standard InChI is InChI=1S/C18H32N2O3/c1-7-18(8-2)20(9-13-10-22-13)14(21)17(23-18)11-15(3,4)19-16(5,6)12-17/h13,19H,7-12H2,1-6H3. The fourth-order valence-corrected chi connectivity index (χ4v) is 5.01. The fourth-order valence-electron chi connectivity index (χ4n) is 5.01. The van der Waals surface area contributed by atoms with Crippen LogP contribution in [0.3, 0.4) is 0 Å². The van der Waals surface area contributed by atoms with E-state index in [0.29, 0.717) is 19.4 Å². The highest BCUT2D eigenvalue weighted by Crippen LogP contribution is 2.49. The van der Waals surface area contributed by atoms with Gasteiger partial charge in [0.15, 0.2) is 5.60 Å². The van der Waals surface area contributed by atoms with Gasteiger partial charge in [-0.2, -0.15) is 0 Å². The molecule has 1 amide bonds. The third-order valence-electron chi connectivity index (χ3n) is 5.54. The van der Waals surface area contributed by atoms with Gasteiger partial charge >= 0.3 is 0 Å². The topological polar surface area (TPSA) is 54.1 Å². The minimum atomic E-state index is -0.709. The number of hydrogen-bond donors (Lipinski definition) is 1. The fraction of sp³-hybridized carbons (Fsp3) is 0.944. The van der Waals surface area contributed by atoms with Crippen molar-refractivity contribution < 1.29 is 14.3 Å². The van der Waals surface area contributed by atoms with Crippen LogP contribution in [0.15, 0.2) is 0 Å². The molecule has 23 heavy (non-hydrogen) atoms. The number of piperidine rings is 1. The summed E-state index contributed by atoms with van der Waals surface area (Å²) < 4.78 is 12.1. The van der Waals surface area contributed by atoms with E-state index in [4.69, 9.17) is 9.47 Å². The maximum Gasteiger partial charge on any atom is 0.257 e. The van der Waals surface area contributed by atoms with Crippen LogP contribution in [0.2, 0.25) is 0 Å². The molecule has 0 bridgehead atoms. The van der Waals surface area contributed by atoms with Crippen molar-refractivity contribution in [2.45, 2.75) is 95.7 Å². The second kappa shape index (κ2) is 5.17. The molecule has 0 radical (unpaired) electrons. The molecule has 132 valence electrons. The number of ether oxygens (including phenoxy) is 2. The van der Waals surface area contributed by atoms with Crippen molar-refractivity contribution in [1.82, 2.24) is 10.2 Å². The zero-order valence-corrected chi connectivity index (χ0v) is 15.5. The lowest BCUT2D eigenvalue weighted by molar-refractivity contribution is -0.172. The summed E-state index contributed by atoms with van der Waals surface area (Å²) in [7, 11) is 0. The van der Waals surface area contributed by atoms with Crippen molar-refractivity contribution in [3.05, 3.63) is 0 Å². The van der Waals surface area contributed by atoms with Crippen LogP contribution in [0, 0.1) is 0 Å². The quantitative estimate of drug-likeness (QED) is 0.807. The smallest absolute Gasteiger partial charge is 0.257 e. The molecule has 0 aliphatic carbocycles. The average molecular weight is 324 g/mol. The van der Waals surface area contributed by atoms with Crippen molar-refractivity contribution in [3.63, 3.8) is 0 Å². The van der Waals surface area contributed by atoms with E-state index in [1.807, 2.05) is 4.90 Å². The number of epoxide rings is 1. The van der Waals surface area contributed by atoms with Crippen molar-refractivity contribution in [2.75, 3.05) is 13.2 Å². The van der Waals surface area contributed by atoms with Gasteiger partial charge in [-0.05, 0) is 40.5 Å². The number of amides is 1. The Bertz CT molecular complexity index is 476. The Kier molecular flexibility index (Phi) is 3.86. The van der Waals surface area contributed by atoms with E-state index in [2.05, 4.69) is 46.9 Å². The third-order valence-corrected chi connectivity index (χ3v) is 5.54. The molecule has 3 aliphatic rings. The average Bonchev–Trinajstić information content (AvgIpc) is 3.19. The van der Waals surface area contributed by atoms with Gasteiger partial charge in [0.25, 0.3) is 5.91 Å². The van der Waals surface area contributed by atoms with Gasteiger partial charge in [-0.25, -0.2) is 0 Å². The van der Waals surface area contributed by atoms with Crippen LogP contribution in [0.1, 0.15) is 67.2 Å². The summed E-state index contributed by atoms with van der Waals surface area (Å²) >= 11 is 0. The SMILES string of the molecule is CCC1(CC)OC2(CC(C)(C)NC(C)(C)C2)C(=O)N1CC1CO1. The van der Waals surface area contributed by atoms with Crippen molar-refractivity contribution in [2.24, 2.45) is 0 Å². The molecule has 5 nitrogen and oxygen atoms in total. The Morgan fingerprint density at radius 1 is 1.13 bits per heavy atom. The second-order valence-corrected chi connectivity index (χ2v) is 8.87. The van der Waals surface area contributed by atoms with Crippen LogP contribution in [-0.2, 0) is 14.3 Å². The number of carbonyl (C=O) groups is 1. The minimum absolute atomic E-state index is 0.128.